The number of para-hydroxylation sites is 1. The van der Waals surface area contributed by atoms with Gasteiger partial charge in [-0.05, 0) is 55.2 Å². The lowest BCUT2D eigenvalue weighted by Crippen LogP contribution is -2.42. The maximum absolute atomic E-state index is 14.1. The molecule has 1 unspecified atom stereocenters. The smallest absolute Gasteiger partial charge is 0.162 e. The van der Waals surface area contributed by atoms with Crippen LogP contribution in [-0.4, -0.2) is 25.1 Å². The molecule has 4 aromatic rings. The van der Waals surface area contributed by atoms with E-state index in [0.29, 0.717) is 46.3 Å². The lowest BCUT2D eigenvalue weighted by atomic mass is 9.68. The third-order valence-corrected chi connectivity index (χ3v) is 7.84. The Morgan fingerprint density at radius 1 is 1.07 bits per heavy atom. The number of benzene rings is 2. The van der Waals surface area contributed by atoms with Gasteiger partial charge in [0, 0.05) is 46.4 Å². The van der Waals surface area contributed by atoms with Crippen molar-refractivity contribution in [3.05, 3.63) is 112 Å². The number of halogens is 1. The van der Waals surface area contributed by atoms with E-state index in [2.05, 4.69) is 24.9 Å². The number of aryl methyl sites for hydroxylation is 1. The Labute approximate surface area is 237 Å². The highest BCUT2D eigenvalue weighted by Crippen LogP contribution is 2.51. The second kappa shape index (κ2) is 9.54. The van der Waals surface area contributed by atoms with Crippen LogP contribution in [0.25, 0.3) is 11.5 Å². The highest BCUT2D eigenvalue weighted by molar-refractivity contribution is 6.30. The molecule has 3 heterocycles. The molecule has 6 rings (SSSR count). The molecule has 0 fully saturated rings. The van der Waals surface area contributed by atoms with Gasteiger partial charge in [0.1, 0.15) is 18.0 Å². The van der Waals surface area contributed by atoms with E-state index in [0.717, 1.165) is 22.6 Å². The molecule has 2 N–H and O–H groups in total. The quantitative estimate of drug-likeness (QED) is 0.336. The molecule has 2 aromatic carbocycles. The first-order valence-electron chi connectivity index (χ1n) is 13.0. The number of anilines is 1. The molecule has 0 saturated carbocycles. The predicted octanol–water partition coefficient (Wildman–Crippen LogP) is 5.96. The summed E-state index contributed by atoms with van der Waals surface area (Å²) in [7, 11) is 0. The number of nitrogens with zero attached hydrogens (tertiary/aromatic N) is 6. The molecule has 200 valence electrons. The number of hydrogen-bond donors (Lipinski definition) is 1. The Kier molecular flexibility index (Phi) is 6.12. The van der Waals surface area contributed by atoms with E-state index < -0.39 is 5.92 Å². The summed E-state index contributed by atoms with van der Waals surface area (Å²) in [6.07, 6.45) is 6.20. The van der Waals surface area contributed by atoms with Crippen molar-refractivity contribution in [3.63, 3.8) is 0 Å². The summed E-state index contributed by atoms with van der Waals surface area (Å²) in [5.41, 5.74) is 11.3. The fourth-order valence-electron chi connectivity index (χ4n) is 5.93. The zero-order valence-corrected chi connectivity index (χ0v) is 23.2. The second-order valence-corrected chi connectivity index (χ2v) is 11.4. The molecule has 0 bridgehead atoms. The van der Waals surface area contributed by atoms with Crippen molar-refractivity contribution in [2.45, 2.75) is 39.5 Å². The topological polar surface area (TPSA) is 106 Å². The molecule has 1 atom stereocenters. The van der Waals surface area contributed by atoms with Crippen LogP contribution in [0.3, 0.4) is 0 Å². The Bertz CT molecular complexity index is 1720. The standard InChI is InChI=1S/C31H28ClN7O/c1-19-26(30(37-14-13-35-18-37)39(36-19)22-7-5-4-6-8-22)27-23(17-33)29(34)38(21-11-9-20(32)10-12-21)24-15-31(2,3)16-25(40)28(24)27/h4-14,18,27H,15-16,34H2,1-3H3. The summed E-state index contributed by atoms with van der Waals surface area (Å²) in [5, 5.41) is 16.1. The Balaban J connectivity index is 1.67. The maximum atomic E-state index is 14.1. The highest BCUT2D eigenvalue weighted by atomic mass is 35.5. The second-order valence-electron chi connectivity index (χ2n) is 11.0. The van der Waals surface area contributed by atoms with Gasteiger partial charge in [-0.3, -0.25) is 14.3 Å². The van der Waals surface area contributed by atoms with Gasteiger partial charge in [-0.2, -0.15) is 10.4 Å². The lowest BCUT2D eigenvalue weighted by Gasteiger charge is -2.43. The van der Waals surface area contributed by atoms with Crippen LogP contribution < -0.4 is 10.6 Å². The van der Waals surface area contributed by atoms with E-state index >= 15 is 0 Å². The van der Waals surface area contributed by atoms with Crippen molar-refractivity contribution < 1.29 is 4.79 Å². The first-order valence-corrected chi connectivity index (χ1v) is 13.4. The van der Waals surface area contributed by atoms with Gasteiger partial charge < -0.3 is 5.73 Å². The van der Waals surface area contributed by atoms with Gasteiger partial charge in [0.05, 0.1) is 28.9 Å². The van der Waals surface area contributed by atoms with Gasteiger partial charge in [0.25, 0.3) is 0 Å². The largest absolute Gasteiger partial charge is 0.384 e. The lowest BCUT2D eigenvalue weighted by molar-refractivity contribution is -0.118. The van der Waals surface area contributed by atoms with Crippen LogP contribution in [0.1, 0.15) is 43.9 Å². The van der Waals surface area contributed by atoms with Crippen molar-refractivity contribution in [1.82, 2.24) is 19.3 Å². The zero-order chi connectivity index (χ0) is 28.2. The minimum atomic E-state index is -0.693. The third-order valence-electron chi connectivity index (χ3n) is 7.59. The van der Waals surface area contributed by atoms with E-state index in [1.54, 1.807) is 24.7 Å². The molecular formula is C31H28ClN7O. The summed E-state index contributed by atoms with van der Waals surface area (Å²) in [5.74, 6) is 0.305. The Morgan fingerprint density at radius 2 is 1.80 bits per heavy atom. The monoisotopic (exact) mass is 549 g/mol. The molecule has 0 spiro atoms. The number of ketones is 1. The fraction of sp³-hybridized carbons (Fsp3) is 0.226. The molecule has 40 heavy (non-hydrogen) atoms. The van der Waals surface area contributed by atoms with Crippen LogP contribution >= 0.6 is 11.6 Å². The molecule has 8 nitrogen and oxygen atoms in total. The van der Waals surface area contributed by atoms with Crippen molar-refractivity contribution in [3.8, 4) is 17.6 Å². The fourth-order valence-corrected chi connectivity index (χ4v) is 6.06. The van der Waals surface area contributed by atoms with Crippen LogP contribution in [0.2, 0.25) is 5.02 Å². The molecule has 2 aromatic heterocycles. The highest BCUT2D eigenvalue weighted by Gasteiger charge is 2.46. The predicted molar refractivity (Wildman–Crippen MR) is 154 cm³/mol. The number of allylic oxidation sites excluding steroid dienone is 3. The number of imidazole rings is 1. The molecular weight excluding hydrogens is 522 g/mol. The van der Waals surface area contributed by atoms with E-state index in [1.165, 1.54) is 0 Å². The summed E-state index contributed by atoms with van der Waals surface area (Å²) in [6.45, 7) is 6.07. The van der Waals surface area contributed by atoms with Crippen LogP contribution in [0, 0.1) is 23.7 Å². The molecule has 0 radical (unpaired) electrons. The average molecular weight is 550 g/mol. The van der Waals surface area contributed by atoms with E-state index in [1.807, 2.05) is 69.7 Å². The number of carbonyl (C=O) groups excluding carboxylic acids is 1. The number of Topliss-reactive ketones (excluding diaryl/α,β-unsaturated/α-hetero) is 1. The average Bonchev–Trinajstić information content (AvgIpc) is 3.56. The minimum Gasteiger partial charge on any atom is -0.384 e. The van der Waals surface area contributed by atoms with E-state index in [-0.39, 0.29) is 11.2 Å². The van der Waals surface area contributed by atoms with Crippen molar-refractivity contribution in [2.24, 2.45) is 11.1 Å². The van der Waals surface area contributed by atoms with Crippen molar-refractivity contribution >= 4 is 23.1 Å². The summed E-state index contributed by atoms with van der Waals surface area (Å²) >= 11 is 6.19. The maximum Gasteiger partial charge on any atom is 0.162 e. The first-order chi connectivity index (χ1) is 19.2. The van der Waals surface area contributed by atoms with E-state index in [9.17, 15) is 10.1 Å². The molecule has 2 aliphatic rings. The third kappa shape index (κ3) is 4.10. The van der Waals surface area contributed by atoms with Crippen molar-refractivity contribution in [1.29, 1.82) is 5.26 Å². The summed E-state index contributed by atoms with van der Waals surface area (Å²) < 4.78 is 3.71. The SMILES string of the molecule is Cc1nn(-c2ccccc2)c(-n2ccnc2)c1C1C(C#N)=C(N)N(c2ccc(Cl)cc2)C2=C1C(=O)CC(C)(C)C2. The summed E-state index contributed by atoms with van der Waals surface area (Å²) in [6, 6.07) is 19.4. The van der Waals surface area contributed by atoms with Crippen LogP contribution in [0.4, 0.5) is 5.69 Å². The van der Waals surface area contributed by atoms with Gasteiger partial charge >= 0.3 is 0 Å². The van der Waals surface area contributed by atoms with Gasteiger partial charge in [0.2, 0.25) is 0 Å². The minimum absolute atomic E-state index is 0.00101. The first kappa shape index (κ1) is 25.7. The van der Waals surface area contributed by atoms with Gasteiger partial charge in [-0.1, -0.05) is 43.6 Å². The van der Waals surface area contributed by atoms with Gasteiger partial charge in [-0.15, -0.1) is 0 Å². The Morgan fingerprint density at radius 3 is 2.45 bits per heavy atom. The number of aromatic nitrogens is 4. The van der Waals surface area contributed by atoms with Crippen LogP contribution in [0.15, 0.2) is 96.0 Å². The number of carbonyl (C=O) groups is 1. The van der Waals surface area contributed by atoms with Crippen molar-refractivity contribution in [2.75, 3.05) is 4.90 Å². The Hall–Kier alpha value is -4.61. The zero-order valence-electron chi connectivity index (χ0n) is 22.5. The molecule has 0 amide bonds. The number of nitrogens with two attached hydrogens (primary N) is 1. The summed E-state index contributed by atoms with van der Waals surface area (Å²) in [4.78, 5) is 20.2. The number of nitriles is 1. The number of rotatable bonds is 4. The molecule has 1 aliphatic heterocycles. The normalized spacial score (nSPS) is 18.6. The number of hydrogen-bond acceptors (Lipinski definition) is 6. The van der Waals surface area contributed by atoms with Crippen LogP contribution in [-0.2, 0) is 4.79 Å². The van der Waals surface area contributed by atoms with Gasteiger partial charge in [0.15, 0.2) is 5.78 Å². The van der Waals surface area contributed by atoms with Gasteiger partial charge in [-0.25, -0.2) is 9.67 Å². The molecule has 1 aliphatic carbocycles. The molecule has 0 saturated heterocycles. The van der Waals surface area contributed by atoms with Crippen LogP contribution in [0.5, 0.6) is 0 Å². The van der Waals surface area contributed by atoms with E-state index in [4.69, 9.17) is 22.4 Å². The molecule has 9 heteroatoms.